The molecule has 0 heterocycles. The first-order valence-electron chi connectivity index (χ1n) is 15.6. The first kappa shape index (κ1) is 30.8. The molecule has 0 atom stereocenters. The van der Waals surface area contributed by atoms with Crippen molar-refractivity contribution in [1.29, 1.82) is 0 Å². The normalized spacial score (nSPS) is 11.8. The lowest BCUT2D eigenvalue weighted by atomic mass is 9.84. The van der Waals surface area contributed by atoms with Crippen LogP contribution in [0.2, 0.25) is 0 Å². The molecule has 0 bridgehead atoms. The summed E-state index contributed by atoms with van der Waals surface area (Å²) in [4.78, 5) is 14.9. The highest BCUT2D eigenvalue weighted by molar-refractivity contribution is 5.99. The lowest BCUT2D eigenvalue weighted by molar-refractivity contribution is 0.962. The average molecular weight is 556 g/mol. The van der Waals surface area contributed by atoms with Crippen LogP contribution in [0.15, 0.2) is 106 Å². The van der Waals surface area contributed by atoms with Gasteiger partial charge in [-0.15, -0.1) is 0 Å². The van der Waals surface area contributed by atoms with Crippen LogP contribution in [0.1, 0.15) is 70.8 Å². The highest BCUT2D eigenvalue weighted by Gasteiger charge is 2.19. The van der Waals surface area contributed by atoms with Crippen LogP contribution in [0.5, 0.6) is 0 Å². The Hall–Kier alpha value is -4.11. The van der Waals surface area contributed by atoms with Crippen LogP contribution in [-0.4, -0.2) is 38.3 Å². The number of hydrogen-bond acceptors (Lipinski definition) is 3. The van der Waals surface area contributed by atoms with Crippen LogP contribution in [0.3, 0.4) is 0 Å². The van der Waals surface area contributed by atoms with Crippen LogP contribution in [0.25, 0.3) is 0 Å². The molecule has 0 unspecified atom stereocenters. The van der Waals surface area contributed by atoms with Gasteiger partial charge >= 0.3 is 0 Å². The highest BCUT2D eigenvalue weighted by atomic mass is 14.7. The van der Waals surface area contributed by atoms with Crippen molar-refractivity contribution in [2.24, 2.45) is 15.0 Å². The molecule has 0 N–H and O–H groups in total. The molecule has 4 aromatic rings. The number of hydrogen-bond donors (Lipinski definition) is 0. The first-order chi connectivity index (χ1) is 20.7. The van der Waals surface area contributed by atoms with Gasteiger partial charge < -0.3 is 0 Å². The number of aliphatic imine (C=N–C) groups is 3. The minimum atomic E-state index is 0.771. The fourth-order valence-corrected chi connectivity index (χ4v) is 5.57. The van der Waals surface area contributed by atoms with Gasteiger partial charge in [0, 0.05) is 38.3 Å². The van der Waals surface area contributed by atoms with Crippen molar-refractivity contribution in [2.45, 2.75) is 59.3 Å². The topological polar surface area (TPSA) is 37.1 Å². The van der Waals surface area contributed by atoms with Crippen molar-refractivity contribution in [3.8, 4) is 0 Å². The highest BCUT2D eigenvalue weighted by Crippen LogP contribution is 2.28. The van der Waals surface area contributed by atoms with E-state index in [0.717, 1.165) is 58.2 Å². The Morgan fingerprint density at radius 3 is 0.905 bits per heavy atom. The third kappa shape index (κ3) is 8.69. The molecule has 3 heteroatoms. The molecule has 0 radical (unpaired) electrons. The number of benzene rings is 4. The summed E-state index contributed by atoms with van der Waals surface area (Å²) in [6.45, 7) is 9.08. The molecule has 0 amide bonds. The van der Waals surface area contributed by atoms with E-state index in [0.29, 0.717) is 0 Å². The van der Waals surface area contributed by atoms with E-state index >= 15 is 0 Å². The summed E-state index contributed by atoms with van der Waals surface area (Å²) in [5.74, 6) is 0. The van der Waals surface area contributed by atoms with E-state index < -0.39 is 0 Å². The van der Waals surface area contributed by atoms with Crippen molar-refractivity contribution in [1.82, 2.24) is 0 Å². The van der Waals surface area contributed by atoms with E-state index in [2.05, 4.69) is 130 Å². The molecule has 3 nitrogen and oxygen atoms in total. The quantitative estimate of drug-likeness (QED) is 0.132. The molecule has 0 aromatic heterocycles. The second-order valence-corrected chi connectivity index (χ2v) is 10.5. The second-order valence-electron chi connectivity index (χ2n) is 10.5. The monoisotopic (exact) mass is 555 g/mol. The van der Waals surface area contributed by atoms with Crippen molar-refractivity contribution >= 4 is 18.6 Å². The van der Waals surface area contributed by atoms with Crippen LogP contribution in [-0.2, 0) is 38.5 Å². The van der Waals surface area contributed by atoms with E-state index in [-0.39, 0.29) is 0 Å². The number of rotatable bonds is 15. The summed E-state index contributed by atoms with van der Waals surface area (Å²) in [5, 5.41) is 0. The van der Waals surface area contributed by atoms with Crippen LogP contribution in [0.4, 0.5) is 0 Å². The molecule has 0 aliphatic rings. The molecule has 0 aliphatic heterocycles. The molecule has 0 saturated carbocycles. The Kier molecular flexibility index (Phi) is 12.5. The fourth-order valence-electron chi connectivity index (χ4n) is 5.57. The summed E-state index contributed by atoms with van der Waals surface area (Å²) < 4.78 is 0. The predicted octanol–water partition coefficient (Wildman–Crippen LogP) is 8.36. The summed E-state index contributed by atoms with van der Waals surface area (Å²) in [6, 6.07) is 31.8. The molecule has 216 valence electrons. The van der Waals surface area contributed by atoms with Gasteiger partial charge in [-0.25, -0.2) is 0 Å². The minimum Gasteiger partial charge on any atom is -0.292 e. The maximum absolute atomic E-state index is 4.95. The summed E-state index contributed by atoms with van der Waals surface area (Å²) in [5.41, 5.74) is 11.7. The summed E-state index contributed by atoms with van der Waals surface area (Å²) in [6.07, 6.45) is 12.0. The lowest BCUT2D eigenvalue weighted by Gasteiger charge is -2.21. The van der Waals surface area contributed by atoms with E-state index in [1.165, 1.54) is 50.1 Å². The third-order valence-electron chi connectivity index (χ3n) is 7.79. The first-order valence-corrected chi connectivity index (χ1v) is 15.6. The smallest absolute Gasteiger partial charge is 0.0429 e. The van der Waals surface area contributed by atoms with Crippen molar-refractivity contribution in [3.05, 3.63) is 141 Å². The molecule has 4 aromatic carbocycles. The van der Waals surface area contributed by atoms with Crippen LogP contribution >= 0.6 is 0 Å². The Labute approximate surface area is 253 Å². The Bertz CT molecular complexity index is 1250. The molecular weight excluding hydrogens is 510 g/mol. The molecule has 0 spiro atoms. The van der Waals surface area contributed by atoms with Gasteiger partial charge in [-0.3, -0.25) is 15.0 Å². The molecule has 0 fully saturated rings. The van der Waals surface area contributed by atoms with Gasteiger partial charge in [-0.1, -0.05) is 112 Å². The van der Waals surface area contributed by atoms with Crippen LogP contribution in [0, 0.1) is 0 Å². The summed E-state index contributed by atoms with van der Waals surface area (Å²) in [7, 11) is 0. The van der Waals surface area contributed by atoms with E-state index in [1.807, 2.05) is 0 Å². The maximum Gasteiger partial charge on any atom is 0.0429 e. The third-order valence-corrected chi connectivity index (χ3v) is 7.79. The van der Waals surface area contributed by atoms with Gasteiger partial charge in [0.05, 0.1) is 0 Å². The molecule has 0 saturated heterocycles. The SMILES string of the molecule is CCc1c(C=NCCc2ccccc2)c(CC)c(C=NCCc2ccccc2)c(CC)c1C=NCCc1ccccc1. The van der Waals surface area contributed by atoms with E-state index in [9.17, 15) is 0 Å². The van der Waals surface area contributed by atoms with E-state index in [1.54, 1.807) is 0 Å². The van der Waals surface area contributed by atoms with Gasteiger partial charge in [-0.2, -0.15) is 0 Å². The Balaban J connectivity index is 1.67. The standard InChI is InChI=1S/C39H45N3/c1-4-34-37(28-40-25-22-31-16-10-7-11-17-31)35(5-2)39(30-42-27-24-33-20-14-9-15-21-33)36(6-3)38(34)29-41-26-23-32-18-12-8-13-19-32/h7-21,28-30H,4-6,22-27H2,1-3H3. The zero-order chi connectivity index (χ0) is 29.4. The minimum absolute atomic E-state index is 0.771. The van der Waals surface area contributed by atoms with Gasteiger partial charge in [0.1, 0.15) is 0 Å². The van der Waals surface area contributed by atoms with Gasteiger partial charge in [-0.05, 0) is 88.6 Å². The van der Waals surface area contributed by atoms with Gasteiger partial charge in [0.2, 0.25) is 0 Å². The molecule has 0 aliphatic carbocycles. The fraction of sp³-hybridized carbons (Fsp3) is 0.308. The average Bonchev–Trinajstić information content (AvgIpc) is 3.04. The maximum atomic E-state index is 4.95. The van der Waals surface area contributed by atoms with Crippen molar-refractivity contribution in [3.63, 3.8) is 0 Å². The van der Waals surface area contributed by atoms with Gasteiger partial charge in [0.25, 0.3) is 0 Å². The second kappa shape index (κ2) is 17.0. The lowest BCUT2D eigenvalue weighted by Crippen LogP contribution is -2.13. The molecular formula is C39H45N3. The van der Waals surface area contributed by atoms with Crippen molar-refractivity contribution < 1.29 is 0 Å². The van der Waals surface area contributed by atoms with Gasteiger partial charge in [0.15, 0.2) is 0 Å². The molecule has 42 heavy (non-hydrogen) atoms. The van der Waals surface area contributed by atoms with E-state index in [4.69, 9.17) is 15.0 Å². The summed E-state index contributed by atoms with van der Waals surface area (Å²) >= 11 is 0. The van der Waals surface area contributed by atoms with Crippen molar-refractivity contribution in [2.75, 3.05) is 19.6 Å². The Morgan fingerprint density at radius 2 is 0.667 bits per heavy atom. The zero-order valence-electron chi connectivity index (χ0n) is 25.6. The largest absolute Gasteiger partial charge is 0.292 e. The zero-order valence-corrected chi connectivity index (χ0v) is 25.6. The Morgan fingerprint density at radius 1 is 0.405 bits per heavy atom. The predicted molar refractivity (Wildman–Crippen MR) is 182 cm³/mol. The number of nitrogens with zero attached hydrogens (tertiary/aromatic N) is 3. The van der Waals surface area contributed by atoms with Crippen LogP contribution < -0.4 is 0 Å². The molecule has 4 rings (SSSR count).